The molecule has 2 unspecified atom stereocenters. The lowest BCUT2D eigenvalue weighted by Gasteiger charge is -2.24. The number of aryl methyl sites for hydroxylation is 2. The molecule has 8 rings (SSSR count). The van der Waals surface area contributed by atoms with Crippen LogP contribution in [-0.2, 0) is 12.8 Å². The number of aromatic nitrogens is 3. The van der Waals surface area contributed by atoms with Gasteiger partial charge in [-0.1, -0.05) is 143 Å². The predicted molar refractivity (Wildman–Crippen MR) is 247 cm³/mol. The molecule has 3 atom stereocenters. The van der Waals surface area contributed by atoms with Crippen LogP contribution in [-0.4, -0.2) is 26.3 Å². The van der Waals surface area contributed by atoms with E-state index in [2.05, 4.69) is 170 Å². The summed E-state index contributed by atoms with van der Waals surface area (Å²) in [6, 6.07) is 32.7. The number of hydrogen-bond donors (Lipinski definition) is 0. The number of pyridine rings is 1. The minimum absolute atomic E-state index is 0.0710. The third-order valence-electron chi connectivity index (χ3n) is 11.7. The minimum atomic E-state index is 0.0710. The van der Waals surface area contributed by atoms with Crippen molar-refractivity contribution >= 4 is 34.0 Å². The quantitative estimate of drug-likeness (QED) is 0.0530. The maximum absolute atomic E-state index is 5.37. The Hall–Kier alpha value is -6.33. The number of para-hydroxylation sites is 2. The van der Waals surface area contributed by atoms with Crippen LogP contribution in [0.3, 0.4) is 0 Å². The maximum atomic E-state index is 5.37. The Balaban J connectivity index is 1.44. The first kappa shape index (κ1) is 38.5. The van der Waals surface area contributed by atoms with Gasteiger partial charge in [-0.25, -0.2) is 9.98 Å². The number of fused-ring (bicyclic) bond motifs is 7. The van der Waals surface area contributed by atoms with Gasteiger partial charge in [0.2, 0.25) is 5.96 Å². The van der Waals surface area contributed by atoms with E-state index in [9.17, 15) is 0 Å². The van der Waals surface area contributed by atoms with E-state index in [1.807, 2.05) is 19.2 Å². The van der Waals surface area contributed by atoms with E-state index in [0.29, 0.717) is 17.6 Å². The van der Waals surface area contributed by atoms with Crippen molar-refractivity contribution in [2.75, 3.05) is 0 Å². The highest BCUT2D eigenvalue weighted by Gasteiger charge is 2.33. The van der Waals surface area contributed by atoms with Crippen LogP contribution in [0.25, 0.3) is 50.1 Å². The molecular weight excluding hydrogens is 707 g/mol. The molecular formula is C53H53N5. The van der Waals surface area contributed by atoms with Gasteiger partial charge in [-0.15, -0.1) is 6.58 Å². The molecule has 3 aromatic carbocycles. The highest BCUT2D eigenvalue weighted by molar-refractivity contribution is 6.07. The van der Waals surface area contributed by atoms with Gasteiger partial charge >= 0.3 is 0 Å². The van der Waals surface area contributed by atoms with Crippen molar-refractivity contribution in [1.82, 2.24) is 14.1 Å². The third-order valence-corrected chi connectivity index (χ3v) is 11.7. The lowest BCUT2D eigenvalue weighted by molar-refractivity contribution is 0.620. The van der Waals surface area contributed by atoms with Crippen molar-refractivity contribution < 1.29 is 0 Å². The summed E-state index contributed by atoms with van der Waals surface area (Å²) in [5.74, 6) is 1.11. The maximum Gasteiger partial charge on any atom is 0.234 e. The van der Waals surface area contributed by atoms with E-state index < -0.39 is 0 Å². The average molecular weight is 760 g/mol. The lowest BCUT2D eigenvalue weighted by Crippen LogP contribution is -2.17. The van der Waals surface area contributed by atoms with Crippen LogP contribution in [0.2, 0.25) is 0 Å². The number of hydrogen-bond acceptors (Lipinski definition) is 2. The molecule has 0 bridgehead atoms. The number of unbranched alkanes of at least 4 members (excludes halogenated alkanes) is 1. The Morgan fingerprint density at radius 1 is 0.879 bits per heavy atom. The molecule has 0 saturated heterocycles. The zero-order valence-corrected chi connectivity index (χ0v) is 34.1. The summed E-state index contributed by atoms with van der Waals surface area (Å²) in [6.45, 7) is 19.4. The van der Waals surface area contributed by atoms with Crippen molar-refractivity contribution in [2.24, 2.45) is 21.8 Å². The third kappa shape index (κ3) is 7.33. The Labute approximate surface area is 343 Å². The normalized spacial score (nSPS) is 17.0. The van der Waals surface area contributed by atoms with E-state index in [1.165, 1.54) is 27.4 Å². The molecule has 0 fully saturated rings. The molecule has 2 aliphatic rings. The Kier molecular flexibility index (Phi) is 11.3. The standard InChI is InChI=1S/C53H53N5/c1-7-10-22-36(4)38(6)55-53(54-35-39(20-8-2)21-9-3)58-50-30-19-17-28-44(50)46-32-31-45-43-27-16-18-29-49(43)57(51(45)52(46)58)41-33-47(40-24-12-11-13-25-40)56-48(34-41)42-26-15-14-23-37(42)5/h8-9,11-19,21,23-30,33-35,37,39,42H,2,4,6-7,10,20,22,31-32H2,1,3,5H3/b21-9-,54-35+,55-53+/t37-,39?,42?/m0/s1. The lowest BCUT2D eigenvalue weighted by atomic mass is 9.86. The molecule has 6 aromatic rings. The van der Waals surface area contributed by atoms with Crippen molar-refractivity contribution in [3.8, 4) is 28.3 Å². The Morgan fingerprint density at radius 2 is 1.57 bits per heavy atom. The SMILES string of the molecule is C=CCC(/C=C\C)/C=N/C(=N\C(=C)C(=C)CCCC)n1c2c(c3ccccc31)CCc1c-2n(-c2cc(-c3ccccc3)nc(C3C=CC=C[C@@H]3C)c2)c2ccccc12. The molecule has 0 amide bonds. The van der Waals surface area contributed by atoms with Crippen molar-refractivity contribution in [3.05, 3.63) is 181 Å². The van der Waals surface area contributed by atoms with Gasteiger partial charge in [0.25, 0.3) is 0 Å². The van der Waals surface area contributed by atoms with Crippen LogP contribution in [0.1, 0.15) is 69.2 Å². The van der Waals surface area contributed by atoms with Crippen molar-refractivity contribution in [3.63, 3.8) is 0 Å². The van der Waals surface area contributed by atoms with Crippen LogP contribution in [0.15, 0.2) is 175 Å². The van der Waals surface area contributed by atoms with Gasteiger partial charge in [0.15, 0.2) is 0 Å². The number of nitrogens with zero attached hydrogens (tertiary/aromatic N) is 5. The van der Waals surface area contributed by atoms with Crippen molar-refractivity contribution in [1.29, 1.82) is 0 Å². The summed E-state index contributed by atoms with van der Waals surface area (Å²) in [6.07, 6.45) is 22.6. The zero-order chi connectivity index (χ0) is 40.2. The molecule has 0 spiro atoms. The number of allylic oxidation sites excluding steroid dienone is 8. The van der Waals surface area contributed by atoms with Gasteiger partial charge in [-0.05, 0) is 85.9 Å². The summed E-state index contributed by atoms with van der Waals surface area (Å²) in [5.41, 5.74) is 12.9. The van der Waals surface area contributed by atoms with E-state index in [0.717, 1.165) is 83.6 Å². The molecule has 5 nitrogen and oxygen atoms in total. The van der Waals surface area contributed by atoms with E-state index in [4.69, 9.17) is 15.0 Å². The molecule has 0 N–H and O–H groups in total. The van der Waals surface area contributed by atoms with E-state index >= 15 is 0 Å². The molecule has 58 heavy (non-hydrogen) atoms. The molecule has 3 aromatic heterocycles. The van der Waals surface area contributed by atoms with E-state index in [1.54, 1.807) is 0 Å². The molecule has 0 radical (unpaired) electrons. The van der Waals surface area contributed by atoms with Crippen LogP contribution >= 0.6 is 0 Å². The summed E-state index contributed by atoms with van der Waals surface area (Å²) in [7, 11) is 0. The number of rotatable bonds is 12. The summed E-state index contributed by atoms with van der Waals surface area (Å²) >= 11 is 0. The topological polar surface area (TPSA) is 47.5 Å². The molecule has 5 heteroatoms. The molecule has 0 aliphatic heterocycles. The second kappa shape index (κ2) is 17.0. The molecule has 290 valence electrons. The molecule has 2 aliphatic carbocycles. The monoisotopic (exact) mass is 759 g/mol. The van der Waals surface area contributed by atoms with Gasteiger partial charge in [-0.2, -0.15) is 0 Å². The summed E-state index contributed by atoms with van der Waals surface area (Å²) in [5, 5.41) is 2.47. The van der Waals surface area contributed by atoms with Gasteiger partial charge in [0.05, 0.1) is 45.2 Å². The number of benzene rings is 3. The van der Waals surface area contributed by atoms with Crippen LogP contribution in [0, 0.1) is 11.8 Å². The molecule has 3 heterocycles. The van der Waals surface area contributed by atoms with Crippen LogP contribution < -0.4 is 0 Å². The second-order valence-corrected chi connectivity index (χ2v) is 15.6. The fourth-order valence-electron chi connectivity index (χ4n) is 8.68. The second-order valence-electron chi connectivity index (χ2n) is 15.6. The number of aliphatic imine (C=N–C) groups is 2. The summed E-state index contributed by atoms with van der Waals surface area (Å²) in [4.78, 5) is 16.0. The Morgan fingerprint density at radius 3 is 2.29 bits per heavy atom. The first-order chi connectivity index (χ1) is 28.4. The average Bonchev–Trinajstić information content (AvgIpc) is 3.78. The Bertz CT molecular complexity index is 2670. The fourth-order valence-corrected chi connectivity index (χ4v) is 8.68. The first-order valence-electron chi connectivity index (χ1n) is 20.8. The van der Waals surface area contributed by atoms with Gasteiger partial charge in [0.1, 0.15) is 0 Å². The molecule has 0 saturated carbocycles. The van der Waals surface area contributed by atoms with Crippen molar-refractivity contribution in [2.45, 2.75) is 65.2 Å². The largest absolute Gasteiger partial charge is 0.307 e. The fraction of sp³-hybridized carbons (Fsp3) is 0.226. The van der Waals surface area contributed by atoms with Crippen LogP contribution in [0.5, 0.6) is 0 Å². The highest BCUT2D eigenvalue weighted by Crippen LogP contribution is 2.46. The highest BCUT2D eigenvalue weighted by atomic mass is 15.2. The van der Waals surface area contributed by atoms with E-state index in [-0.39, 0.29) is 11.8 Å². The van der Waals surface area contributed by atoms with Gasteiger partial charge in [-0.3, -0.25) is 9.55 Å². The first-order valence-corrected chi connectivity index (χ1v) is 20.8. The van der Waals surface area contributed by atoms with Crippen LogP contribution in [0.4, 0.5) is 0 Å². The summed E-state index contributed by atoms with van der Waals surface area (Å²) < 4.78 is 4.78. The van der Waals surface area contributed by atoms with Gasteiger partial charge in [0, 0.05) is 34.4 Å². The predicted octanol–water partition coefficient (Wildman–Crippen LogP) is 13.6. The van der Waals surface area contributed by atoms with Gasteiger partial charge < -0.3 is 4.57 Å². The zero-order valence-electron chi connectivity index (χ0n) is 34.1. The smallest absolute Gasteiger partial charge is 0.234 e. The minimum Gasteiger partial charge on any atom is -0.307 e.